The van der Waals surface area contributed by atoms with Gasteiger partial charge in [-0.15, -0.1) is 0 Å². The molecule has 1 atom stereocenters. The molecule has 1 N–H and O–H groups in total. The van der Waals surface area contributed by atoms with E-state index in [1.54, 1.807) is 6.92 Å². The van der Waals surface area contributed by atoms with E-state index in [-0.39, 0.29) is 22.7 Å². The number of hydrogen-bond donors (Lipinski definition) is 1. The number of piperazine rings is 1. The predicted octanol–water partition coefficient (Wildman–Crippen LogP) is 1.80. The molecule has 0 spiro atoms. The summed E-state index contributed by atoms with van der Waals surface area (Å²) in [6.07, 6.45) is 1.43. The molecule has 0 radical (unpaired) electrons. The third-order valence-electron chi connectivity index (χ3n) is 3.60. The summed E-state index contributed by atoms with van der Waals surface area (Å²) in [5, 5.41) is 3.62. The van der Waals surface area contributed by atoms with Gasteiger partial charge in [-0.05, 0) is 38.4 Å². The first-order valence-electron chi connectivity index (χ1n) is 7.32. The van der Waals surface area contributed by atoms with Crippen molar-refractivity contribution in [3.63, 3.8) is 0 Å². The molecule has 0 saturated carbocycles. The van der Waals surface area contributed by atoms with Crippen molar-refractivity contribution in [2.24, 2.45) is 0 Å². The van der Waals surface area contributed by atoms with E-state index in [0.717, 1.165) is 26.1 Å². The third kappa shape index (κ3) is 4.52. The summed E-state index contributed by atoms with van der Waals surface area (Å²) in [4.78, 5) is 22.2. The molecule has 2 heterocycles. The lowest BCUT2D eigenvalue weighted by Crippen LogP contribution is -2.49. The minimum atomic E-state index is -0.516. The second-order valence-electron chi connectivity index (χ2n) is 5.28. The van der Waals surface area contributed by atoms with Crippen LogP contribution in [-0.4, -0.2) is 60.2 Å². The van der Waals surface area contributed by atoms with Gasteiger partial charge < -0.3 is 15.0 Å². The standard InChI is InChI=1S/C14H20Cl2N4O2/c1-3-22-13(21)11-10(12(15)19-14(16)18-11)5-4-9-8-20(2)7-6-17-9/h9,17H,3-8H2,1-2H3/t9-/m0/s1. The highest BCUT2D eigenvalue weighted by Gasteiger charge is 2.22. The fourth-order valence-corrected chi connectivity index (χ4v) is 3.00. The largest absolute Gasteiger partial charge is 0.461 e. The van der Waals surface area contributed by atoms with E-state index in [0.29, 0.717) is 18.0 Å². The van der Waals surface area contributed by atoms with Gasteiger partial charge in [0.25, 0.3) is 0 Å². The molecule has 6 nitrogen and oxygen atoms in total. The van der Waals surface area contributed by atoms with Crippen LogP contribution in [0.25, 0.3) is 0 Å². The Hall–Kier alpha value is -0.950. The average molecular weight is 347 g/mol. The molecule has 0 aromatic carbocycles. The summed E-state index contributed by atoms with van der Waals surface area (Å²) < 4.78 is 5.02. The number of carbonyl (C=O) groups is 1. The van der Waals surface area contributed by atoms with Crippen molar-refractivity contribution < 1.29 is 9.53 Å². The fraction of sp³-hybridized carbons (Fsp3) is 0.643. The van der Waals surface area contributed by atoms with E-state index in [4.69, 9.17) is 27.9 Å². The SMILES string of the molecule is CCOC(=O)c1nc(Cl)nc(Cl)c1CC[C@H]1CN(C)CCN1. The molecule has 1 aromatic rings. The number of ether oxygens (including phenoxy) is 1. The van der Waals surface area contributed by atoms with Crippen molar-refractivity contribution in [2.45, 2.75) is 25.8 Å². The van der Waals surface area contributed by atoms with Gasteiger partial charge in [0, 0.05) is 31.2 Å². The van der Waals surface area contributed by atoms with Gasteiger partial charge in [-0.25, -0.2) is 14.8 Å². The molecule has 0 aliphatic carbocycles. The van der Waals surface area contributed by atoms with Gasteiger partial charge in [0.15, 0.2) is 5.69 Å². The van der Waals surface area contributed by atoms with Crippen LogP contribution in [-0.2, 0) is 11.2 Å². The Bertz CT molecular complexity index is 542. The number of aromatic nitrogens is 2. The summed E-state index contributed by atoms with van der Waals surface area (Å²) in [7, 11) is 2.09. The lowest BCUT2D eigenvalue weighted by Gasteiger charge is -2.31. The minimum absolute atomic E-state index is 0.0488. The third-order valence-corrected chi connectivity index (χ3v) is 4.08. The summed E-state index contributed by atoms with van der Waals surface area (Å²) in [5.41, 5.74) is 0.760. The van der Waals surface area contributed by atoms with Gasteiger partial charge in [0.1, 0.15) is 5.15 Å². The van der Waals surface area contributed by atoms with Crippen LogP contribution in [0.5, 0.6) is 0 Å². The summed E-state index contributed by atoms with van der Waals surface area (Å²) in [6.45, 7) is 4.96. The van der Waals surface area contributed by atoms with Gasteiger partial charge in [-0.3, -0.25) is 0 Å². The van der Waals surface area contributed by atoms with E-state index in [1.807, 2.05) is 0 Å². The Morgan fingerprint density at radius 2 is 2.23 bits per heavy atom. The summed E-state index contributed by atoms with van der Waals surface area (Å²) >= 11 is 12.0. The maximum absolute atomic E-state index is 12.0. The van der Waals surface area contributed by atoms with Crippen LogP contribution >= 0.6 is 23.2 Å². The minimum Gasteiger partial charge on any atom is -0.461 e. The zero-order valence-corrected chi connectivity index (χ0v) is 14.2. The first kappa shape index (κ1) is 17.4. The van der Waals surface area contributed by atoms with E-state index >= 15 is 0 Å². The van der Waals surface area contributed by atoms with Gasteiger partial charge >= 0.3 is 5.97 Å². The Morgan fingerprint density at radius 1 is 1.45 bits per heavy atom. The number of hydrogen-bond acceptors (Lipinski definition) is 6. The molecule has 2 rings (SSSR count). The van der Waals surface area contributed by atoms with Crippen LogP contribution in [0, 0.1) is 0 Å². The summed E-state index contributed by atoms with van der Waals surface area (Å²) in [6, 6.07) is 0.348. The molecule has 1 fully saturated rings. The predicted molar refractivity (Wildman–Crippen MR) is 85.6 cm³/mol. The second kappa shape index (κ2) is 8.06. The van der Waals surface area contributed by atoms with Crippen LogP contribution in [0.3, 0.4) is 0 Å². The van der Waals surface area contributed by atoms with Crippen molar-refractivity contribution in [3.8, 4) is 0 Å². The zero-order valence-electron chi connectivity index (χ0n) is 12.7. The van der Waals surface area contributed by atoms with Crippen LogP contribution in [0.15, 0.2) is 0 Å². The van der Waals surface area contributed by atoms with Crippen LogP contribution in [0.1, 0.15) is 29.4 Å². The van der Waals surface area contributed by atoms with Crippen molar-refractivity contribution in [1.82, 2.24) is 20.2 Å². The van der Waals surface area contributed by atoms with Crippen LogP contribution < -0.4 is 5.32 Å². The van der Waals surface area contributed by atoms with Crippen molar-refractivity contribution in [1.29, 1.82) is 0 Å². The van der Waals surface area contributed by atoms with E-state index in [1.165, 1.54) is 0 Å². The van der Waals surface area contributed by atoms with Gasteiger partial charge in [0.2, 0.25) is 5.28 Å². The number of nitrogens with one attached hydrogen (secondary N) is 1. The Balaban J connectivity index is 2.13. The second-order valence-corrected chi connectivity index (χ2v) is 5.98. The van der Waals surface area contributed by atoms with Crippen molar-refractivity contribution in [2.75, 3.05) is 33.3 Å². The maximum atomic E-state index is 12.0. The molecule has 0 bridgehead atoms. The highest BCUT2D eigenvalue weighted by atomic mass is 35.5. The molecule has 1 aromatic heterocycles. The molecule has 0 amide bonds. The molecule has 1 saturated heterocycles. The Kier molecular flexibility index (Phi) is 6.37. The fourth-order valence-electron chi connectivity index (χ4n) is 2.52. The normalized spacial score (nSPS) is 19.2. The van der Waals surface area contributed by atoms with Crippen molar-refractivity contribution >= 4 is 29.2 Å². The highest BCUT2D eigenvalue weighted by Crippen LogP contribution is 2.22. The quantitative estimate of drug-likeness (QED) is 0.498. The van der Waals surface area contributed by atoms with Gasteiger partial charge in [-0.1, -0.05) is 11.6 Å². The molecule has 1 aliphatic heterocycles. The first-order valence-corrected chi connectivity index (χ1v) is 8.07. The lowest BCUT2D eigenvalue weighted by atomic mass is 10.0. The molecular formula is C14H20Cl2N4O2. The maximum Gasteiger partial charge on any atom is 0.357 e. The van der Waals surface area contributed by atoms with E-state index in [9.17, 15) is 4.79 Å². The number of esters is 1. The molecule has 22 heavy (non-hydrogen) atoms. The number of likely N-dealkylation sites (N-methyl/N-ethyl adjacent to an activating group) is 1. The van der Waals surface area contributed by atoms with Crippen LogP contribution in [0.2, 0.25) is 10.4 Å². The zero-order chi connectivity index (χ0) is 16.1. The summed E-state index contributed by atoms with van der Waals surface area (Å²) in [5.74, 6) is -0.516. The topological polar surface area (TPSA) is 67.3 Å². The first-order chi connectivity index (χ1) is 10.5. The van der Waals surface area contributed by atoms with E-state index < -0.39 is 5.97 Å². The smallest absolute Gasteiger partial charge is 0.357 e. The lowest BCUT2D eigenvalue weighted by molar-refractivity contribution is 0.0517. The van der Waals surface area contributed by atoms with Crippen LogP contribution in [0.4, 0.5) is 0 Å². The van der Waals surface area contributed by atoms with Crippen molar-refractivity contribution in [3.05, 3.63) is 21.7 Å². The Morgan fingerprint density at radius 3 is 2.91 bits per heavy atom. The highest BCUT2D eigenvalue weighted by molar-refractivity contribution is 6.32. The number of rotatable bonds is 5. The van der Waals surface area contributed by atoms with Gasteiger partial charge in [0.05, 0.1) is 6.61 Å². The average Bonchev–Trinajstić information content (AvgIpc) is 2.46. The number of nitrogens with zero attached hydrogens (tertiary/aromatic N) is 3. The molecule has 1 aliphatic rings. The molecule has 122 valence electrons. The van der Waals surface area contributed by atoms with Gasteiger partial charge in [-0.2, -0.15) is 0 Å². The molecule has 0 unspecified atom stereocenters. The van der Waals surface area contributed by atoms with E-state index in [2.05, 4.69) is 27.2 Å². The monoisotopic (exact) mass is 346 g/mol. The number of halogens is 2. The molecular weight excluding hydrogens is 327 g/mol. The Labute approximate surface area is 140 Å². The molecule has 8 heteroatoms. The number of carbonyl (C=O) groups excluding carboxylic acids is 1.